The van der Waals surface area contributed by atoms with Crippen LogP contribution < -0.4 is 21.2 Å². The van der Waals surface area contributed by atoms with E-state index in [9.17, 15) is 0 Å². The van der Waals surface area contributed by atoms with Gasteiger partial charge in [-0.2, -0.15) is 0 Å². The third-order valence-corrected chi connectivity index (χ3v) is 12.4. The van der Waals surface area contributed by atoms with Crippen LogP contribution in [0.25, 0.3) is 0 Å². The summed E-state index contributed by atoms with van der Waals surface area (Å²) in [4.78, 5) is 0. The SMILES string of the molecule is O=P(O[C@H](c1ccccc1)[C@H](OP(=O)(c1ccccc1)c1ccccc1)c1ccccc1)(c1ccccc1)c1ccccc1. The number of hydrogen-bond donors (Lipinski definition) is 0. The molecule has 44 heavy (non-hydrogen) atoms. The van der Waals surface area contributed by atoms with E-state index in [-0.39, 0.29) is 0 Å². The Morgan fingerprint density at radius 3 is 0.750 bits per heavy atom. The summed E-state index contributed by atoms with van der Waals surface area (Å²) in [5.41, 5.74) is 1.50. The Morgan fingerprint density at radius 2 is 0.523 bits per heavy atom. The van der Waals surface area contributed by atoms with E-state index >= 15 is 9.13 Å². The van der Waals surface area contributed by atoms with E-state index in [4.69, 9.17) is 9.05 Å². The maximum absolute atomic E-state index is 15.3. The molecular weight excluding hydrogens is 582 g/mol. The van der Waals surface area contributed by atoms with Crippen LogP contribution in [0.4, 0.5) is 0 Å². The van der Waals surface area contributed by atoms with E-state index in [2.05, 4.69) is 0 Å². The Bertz CT molecular complexity index is 1620. The lowest BCUT2D eigenvalue weighted by Crippen LogP contribution is -2.26. The van der Waals surface area contributed by atoms with Gasteiger partial charge in [0.2, 0.25) is 0 Å². The van der Waals surface area contributed by atoms with Crippen LogP contribution in [0.3, 0.4) is 0 Å². The zero-order valence-electron chi connectivity index (χ0n) is 24.0. The second kappa shape index (κ2) is 13.6. The first-order valence-electron chi connectivity index (χ1n) is 14.5. The zero-order chi connectivity index (χ0) is 30.2. The van der Waals surface area contributed by atoms with Gasteiger partial charge >= 0.3 is 0 Å². The summed E-state index contributed by atoms with van der Waals surface area (Å²) in [7, 11) is -7.40. The first-order valence-corrected chi connectivity index (χ1v) is 17.7. The van der Waals surface area contributed by atoms with Gasteiger partial charge in [-0.05, 0) is 59.7 Å². The molecule has 0 heterocycles. The molecule has 0 aliphatic rings. The summed E-state index contributed by atoms with van der Waals surface area (Å²) in [5, 5.41) is 2.25. The van der Waals surface area contributed by atoms with Crippen LogP contribution in [0.1, 0.15) is 23.3 Å². The topological polar surface area (TPSA) is 52.6 Å². The van der Waals surface area contributed by atoms with Crippen molar-refractivity contribution >= 4 is 36.0 Å². The predicted octanol–water partition coefficient (Wildman–Crippen LogP) is 8.36. The average molecular weight is 615 g/mol. The minimum atomic E-state index is -3.70. The molecule has 0 saturated heterocycles. The van der Waals surface area contributed by atoms with E-state index in [1.165, 1.54) is 0 Å². The van der Waals surface area contributed by atoms with Crippen molar-refractivity contribution in [3.63, 3.8) is 0 Å². The van der Waals surface area contributed by atoms with Gasteiger partial charge in [0.05, 0.1) is 0 Å². The van der Waals surface area contributed by atoms with Crippen molar-refractivity contribution in [3.05, 3.63) is 193 Å². The van der Waals surface area contributed by atoms with Gasteiger partial charge in [0.1, 0.15) is 12.2 Å². The molecule has 2 atom stereocenters. The monoisotopic (exact) mass is 614 g/mol. The van der Waals surface area contributed by atoms with Crippen molar-refractivity contribution in [1.29, 1.82) is 0 Å². The Hall–Kier alpha value is -4.30. The van der Waals surface area contributed by atoms with Crippen molar-refractivity contribution in [2.45, 2.75) is 12.2 Å². The molecule has 0 spiro atoms. The third-order valence-electron chi connectivity index (χ3n) is 7.44. The molecule has 0 amide bonds. The fourth-order valence-electron chi connectivity index (χ4n) is 5.23. The maximum Gasteiger partial charge on any atom is 0.261 e. The predicted molar refractivity (Wildman–Crippen MR) is 180 cm³/mol. The number of rotatable bonds is 11. The Kier molecular flexibility index (Phi) is 9.17. The molecule has 6 aromatic carbocycles. The fraction of sp³-hybridized carbons (Fsp3) is 0.0526. The number of benzene rings is 6. The number of hydrogen-bond acceptors (Lipinski definition) is 4. The Labute approximate surface area is 258 Å². The molecule has 0 unspecified atom stereocenters. The Balaban J connectivity index is 1.56. The van der Waals surface area contributed by atoms with Crippen LogP contribution in [0.2, 0.25) is 0 Å². The van der Waals surface area contributed by atoms with E-state index in [1.54, 1.807) is 0 Å². The first-order chi connectivity index (χ1) is 21.6. The first kappa shape index (κ1) is 29.8. The van der Waals surface area contributed by atoms with Crippen LogP contribution in [0.15, 0.2) is 182 Å². The standard InChI is InChI=1S/C38H32O4P2/c39-43(33-23-11-3-12-24-33,34-25-13-4-14-26-34)41-37(31-19-7-1-8-20-31)38(32-21-9-2-10-22-32)42-44(40,35-27-15-5-16-28-35)36-29-17-6-18-30-36/h1-30,37-38H/t37-,38-/m1/s1. The molecule has 0 saturated carbocycles. The van der Waals surface area contributed by atoms with Crippen LogP contribution in [0.5, 0.6) is 0 Å². The lowest BCUT2D eigenvalue weighted by Gasteiger charge is -2.34. The van der Waals surface area contributed by atoms with Gasteiger partial charge in [-0.15, -0.1) is 0 Å². The summed E-state index contributed by atoms with van der Waals surface area (Å²) in [6.07, 6.45) is -1.80. The van der Waals surface area contributed by atoms with Crippen LogP contribution in [0, 0.1) is 0 Å². The van der Waals surface area contributed by atoms with Gasteiger partial charge in [0.25, 0.3) is 14.7 Å². The normalized spacial score (nSPS) is 13.2. The van der Waals surface area contributed by atoms with Crippen molar-refractivity contribution in [1.82, 2.24) is 0 Å². The second-order valence-corrected chi connectivity index (χ2v) is 15.0. The summed E-state index contributed by atoms with van der Waals surface area (Å²) >= 11 is 0. The van der Waals surface area contributed by atoms with E-state index in [0.717, 1.165) is 11.1 Å². The molecule has 6 rings (SSSR count). The molecule has 4 nitrogen and oxygen atoms in total. The molecule has 0 aliphatic heterocycles. The maximum atomic E-state index is 15.3. The quantitative estimate of drug-likeness (QED) is 0.138. The van der Waals surface area contributed by atoms with Crippen molar-refractivity contribution in [2.24, 2.45) is 0 Å². The highest BCUT2D eigenvalue weighted by Gasteiger charge is 2.41. The highest BCUT2D eigenvalue weighted by molar-refractivity contribution is 7.74. The lowest BCUT2D eigenvalue weighted by atomic mass is 9.98. The molecule has 0 radical (unpaired) electrons. The van der Waals surface area contributed by atoms with Crippen molar-refractivity contribution in [3.8, 4) is 0 Å². The Morgan fingerprint density at radius 1 is 0.318 bits per heavy atom. The van der Waals surface area contributed by atoms with Crippen LogP contribution in [-0.2, 0) is 18.2 Å². The molecule has 6 aromatic rings. The smallest absolute Gasteiger partial charge is 0.261 e. The van der Waals surface area contributed by atoms with E-state index in [0.29, 0.717) is 21.2 Å². The molecule has 0 fully saturated rings. The molecule has 0 N–H and O–H groups in total. The summed E-state index contributed by atoms with van der Waals surface area (Å²) < 4.78 is 44.5. The van der Waals surface area contributed by atoms with Gasteiger partial charge in [0, 0.05) is 21.2 Å². The lowest BCUT2D eigenvalue weighted by molar-refractivity contribution is 0.0623. The highest BCUT2D eigenvalue weighted by atomic mass is 31.2. The molecule has 0 aromatic heterocycles. The zero-order valence-corrected chi connectivity index (χ0v) is 25.8. The van der Waals surface area contributed by atoms with Crippen molar-refractivity contribution < 1.29 is 18.2 Å². The highest BCUT2D eigenvalue weighted by Crippen LogP contribution is 2.57. The van der Waals surface area contributed by atoms with Crippen LogP contribution >= 0.6 is 14.7 Å². The molecule has 0 aliphatic carbocycles. The van der Waals surface area contributed by atoms with E-state index in [1.807, 2.05) is 182 Å². The minimum absolute atomic E-state index is 0.563. The van der Waals surface area contributed by atoms with Gasteiger partial charge in [-0.1, -0.05) is 133 Å². The fourth-order valence-corrected chi connectivity index (χ4v) is 9.67. The average Bonchev–Trinajstić information content (AvgIpc) is 3.12. The molecule has 6 heteroatoms. The van der Waals surface area contributed by atoms with Gasteiger partial charge in [-0.3, -0.25) is 9.13 Å². The van der Waals surface area contributed by atoms with Crippen LogP contribution in [-0.4, -0.2) is 0 Å². The van der Waals surface area contributed by atoms with Gasteiger partial charge in [0.15, 0.2) is 0 Å². The largest absolute Gasteiger partial charge is 0.311 e. The van der Waals surface area contributed by atoms with E-state index < -0.39 is 26.9 Å². The summed E-state index contributed by atoms with van der Waals surface area (Å²) in [6.45, 7) is 0. The molecule has 218 valence electrons. The molecule has 0 bridgehead atoms. The molecular formula is C38H32O4P2. The summed E-state index contributed by atoms with van der Waals surface area (Å²) in [5.74, 6) is 0. The minimum Gasteiger partial charge on any atom is -0.311 e. The van der Waals surface area contributed by atoms with Gasteiger partial charge in [-0.25, -0.2) is 0 Å². The second-order valence-electron chi connectivity index (χ2n) is 10.3. The third kappa shape index (κ3) is 6.31. The summed E-state index contributed by atoms with van der Waals surface area (Å²) in [6, 6.07) is 56.2. The van der Waals surface area contributed by atoms with Gasteiger partial charge < -0.3 is 9.05 Å². The van der Waals surface area contributed by atoms with Crippen molar-refractivity contribution in [2.75, 3.05) is 0 Å².